The number of guanidine groups is 1. The van der Waals surface area contributed by atoms with Crippen LogP contribution in [0.2, 0.25) is 0 Å². The van der Waals surface area contributed by atoms with E-state index in [1.165, 1.54) is 0 Å². The average Bonchev–Trinajstić information content (AvgIpc) is 2.70. The molecule has 2 rings (SSSR count). The Bertz CT molecular complexity index is 816. The molecule has 0 aliphatic carbocycles. The maximum atomic E-state index is 12.1. The number of hydrogen-bond acceptors (Lipinski definition) is 4. The number of anilines is 2. The van der Waals surface area contributed by atoms with Crippen molar-refractivity contribution in [3.8, 4) is 11.5 Å². The molecule has 0 fully saturated rings. The van der Waals surface area contributed by atoms with Crippen molar-refractivity contribution in [2.24, 2.45) is 4.99 Å². The van der Waals surface area contributed by atoms with Gasteiger partial charge < -0.3 is 25.4 Å². The first-order chi connectivity index (χ1) is 13.5. The number of carbonyl (C=O) groups excluding carboxylic acids is 1. The van der Waals surface area contributed by atoms with Crippen molar-refractivity contribution >= 4 is 63.1 Å². The fourth-order valence-corrected chi connectivity index (χ4v) is 2.65. The van der Waals surface area contributed by atoms with E-state index in [1.807, 2.05) is 49.4 Å². The Kier molecular flexibility index (Phi) is 11.4. The molecule has 7 nitrogen and oxygen atoms in total. The Morgan fingerprint density at radius 1 is 1.07 bits per heavy atom. The predicted molar refractivity (Wildman–Crippen MR) is 132 cm³/mol. The van der Waals surface area contributed by atoms with Crippen molar-refractivity contribution in [3.05, 3.63) is 46.9 Å². The first-order valence-corrected chi connectivity index (χ1v) is 9.69. The number of nitrogens with one attached hydrogen (secondary N) is 3. The highest BCUT2D eigenvalue weighted by Crippen LogP contribution is 2.30. The van der Waals surface area contributed by atoms with Gasteiger partial charge in [-0.15, -0.1) is 24.0 Å². The number of carbonyl (C=O) groups is 1. The minimum atomic E-state index is -0.0759. The van der Waals surface area contributed by atoms with E-state index < -0.39 is 0 Å². The lowest BCUT2D eigenvalue weighted by Gasteiger charge is -2.14. The van der Waals surface area contributed by atoms with Gasteiger partial charge in [0.05, 0.1) is 13.7 Å². The number of halogens is 2. The van der Waals surface area contributed by atoms with Gasteiger partial charge in [0.15, 0.2) is 17.5 Å². The number of aliphatic imine (C=N–C) groups is 1. The maximum absolute atomic E-state index is 12.1. The van der Waals surface area contributed by atoms with E-state index in [2.05, 4.69) is 36.9 Å². The van der Waals surface area contributed by atoms with Gasteiger partial charge in [-0.05, 0) is 43.3 Å². The third-order valence-corrected chi connectivity index (χ3v) is 4.25. The lowest BCUT2D eigenvalue weighted by Crippen LogP contribution is -2.33. The predicted octanol–water partition coefficient (Wildman–Crippen LogP) is 4.49. The summed E-state index contributed by atoms with van der Waals surface area (Å²) in [7, 11) is 3.27. The van der Waals surface area contributed by atoms with Gasteiger partial charge in [0.1, 0.15) is 0 Å². The zero-order valence-electron chi connectivity index (χ0n) is 16.6. The molecule has 0 radical (unpaired) electrons. The normalized spacial score (nSPS) is 10.6. The standard InChI is InChI=1S/C20H25BrN4O3.HI/c1-4-28-17-10-9-16(13-18(17)27-3)25-20(22-2)23-12-11-19(26)24-15-7-5-14(21)6-8-15;/h5-10,13H,4,11-12H2,1-3H3,(H,24,26)(H2,22,23,25);1H. The van der Waals surface area contributed by atoms with E-state index in [-0.39, 0.29) is 29.9 Å². The van der Waals surface area contributed by atoms with Crippen molar-refractivity contribution in [1.82, 2.24) is 5.32 Å². The average molecular weight is 577 g/mol. The van der Waals surface area contributed by atoms with Gasteiger partial charge in [0.25, 0.3) is 0 Å². The largest absolute Gasteiger partial charge is 0.493 e. The quantitative estimate of drug-likeness (QED) is 0.245. The van der Waals surface area contributed by atoms with Crippen LogP contribution in [0, 0.1) is 0 Å². The van der Waals surface area contributed by atoms with Crippen LogP contribution in [-0.4, -0.2) is 39.2 Å². The summed E-state index contributed by atoms with van der Waals surface area (Å²) in [5.74, 6) is 1.80. The lowest BCUT2D eigenvalue weighted by atomic mass is 10.2. The van der Waals surface area contributed by atoms with E-state index in [0.29, 0.717) is 37.0 Å². The highest BCUT2D eigenvalue weighted by Gasteiger charge is 2.08. The Balaban J connectivity index is 0.00000420. The van der Waals surface area contributed by atoms with Gasteiger partial charge >= 0.3 is 0 Å². The molecule has 0 aromatic heterocycles. The summed E-state index contributed by atoms with van der Waals surface area (Å²) in [6.07, 6.45) is 0.309. The third-order valence-electron chi connectivity index (χ3n) is 3.72. The van der Waals surface area contributed by atoms with E-state index in [0.717, 1.165) is 15.8 Å². The van der Waals surface area contributed by atoms with Crippen molar-refractivity contribution in [2.45, 2.75) is 13.3 Å². The third kappa shape index (κ3) is 8.48. The van der Waals surface area contributed by atoms with Crippen LogP contribution >= 0.6 is 39.9 Å². The summed E-state index contributed by atoms with van der Waals surface area (Å²) in [5.41, 5.74) is 1.56. The maximum Gasteiger partial charge on any atom is 0.226 e. The zero-order valence-corrected chi connectivity index (χ0v) is 20.5. The number of rotatable bonds is 8. The Hall–Kier alpha value is -2.01. The van der Waals surface area contributed by atoms with Crippen LogP contribution in [-0.2, 0) is 4.79 Å². The number of ether oxygens (including phenoxy) is 2. The van der Waals surface area contributed by atoms with Crippen LogP contribution in [0.1, 0.15) is 13.3 Å². The van der Waals surface area contributed by atoms with E-state index >= 15 is 0 Å². The van der Waals surface area contributed by atoms with Crippen molar-refractivity contribution < 1.29 is 14.3 Å². The summed E-state index contributed by atoms with van der Waals surface area (Å²) in [6.45, 7) is 2.93. The summed E-state index contributed by atoms with van der Waals surface area (Å²) in [5, 5.41) is 9.14. The first-order valence-electron chi connectivity index (χ1n) is 8.89. The fraction of sp³-hybridized carbons (Fsp3) is 0.300. The SMILES string of the molecule is CCOc1ccc(NC(=NC)NCCC(=O)Nc2ccc(Br)cc2)cc1OC.I. The molecule has 0 aliphatic heterocycles. The number of amides is 1. The van der Waals surface area contributed by atoms with Gasteiger partial charge in [0.2, 0.25) is 5.91 Å². The molecule has 1 amide bonds. The van der Waals surface area contributed by atoms with Crippen LogP contribution in [0.4, 0.5) is 11.4 Å². The lowest BCUT2D eigenvalue weighted by molar-refractivity contribution is -0.116. The van der Waals surface area contributed by atoms with Gasteiger partial charge in [-0.1, -0.05) is 15.9 Å². The van der Waals surface area contributed by atoms with Crippen LogP contribution in [0.25, 0.3) is 0 Å². The molecule has 2 aromatic carbocycles. The van der Waals surface area contributed by atoms with E-state index in [9.17, 15) is 4.79 Å². The highest BCUT2D eigenvalue weighted by molar-refractivity contribution is 14.0. The number of hydrogen-bond donors (Lipinski definition) is 3. The van der Waals surface area contributed by atoms with Crippen molar-refractivity contribution in [2.75, 3.05) is 37.9 Å². The molecule has 29 heavy (non-hydrogen) atoms. The zero-order chi connectivity index (χ0) is 20.4. The second-order valence-corrected chi connectivity index (χ2v) is 6.64. The molecule has 158 valence electrons. The van der Waals surface area contributed by atoms with E-state index in [4.69, 9.17) is 9.47 Å². The topological polar surface area (TPSA) is 84.0 Å². The molecule has 0 spiro atoms. The van der Waals surface area contributed by atoms with Gasteiger partial charge in [-0.2, -0.15) is 0 Å². The summed E-state index contributed by atoms with van der Waals surface area (Å²) < 4.78 is 11.8. The molecule has 0 atom stereocenters. The minimum absolute atomic E-state index is 0. The Morgan fingerprint density at radius 3 is 2.38 bits per heavy atom. The van der Waals surface area contributed by atoms with Gasteiger partial charge in [-0.3, -0.25) is 9.79 Å². The fourth-order valence-electron chi connectivity index (χ4n) is 2.39. The molecular weight excluding hydrogens is 551 g/mol. The number of nitrogens with zero attached hydrogens (tertiary/aromatic N) is 1. The molecule has 9 heteroatoms. The molecule has 0 saturated carbocycles. The van der Waals surface area contributed by atoms with Crippen molar-refractivity contribution in [1.29, 1.82) is 0 Å². The highest BCUT2D eigenvalue weighted by atomic mass is 127. The number of methoxy groups -OCH3 is 1. The summed E-state index contributed by atoms with van der Waals surface area (Å²) in [6, 6.07) is 13.0. The van der Waals surface area contributed by atoms with Crippen LogP contribution < -0.4 is 25.4 Å². The molecule has 0 unspecified atom stereocenters. The minimum Gasteiger partial charge on any atom is -0.493 e. The Labute approximate surface area is 196 Å². The van der Waals surface area contributed by atoms with Gasteiger partial charge in [0, 0.05) is 41.9 Å². The number of benzene rings is 2. The molecular formula is C20H26BrIN4O3. The second kappa shape index (κ2) is 13.3. The molecule has 0 aliphatic rings. The smallest absolute Gasteiger partial charge is 0.226 e. The van der Waals surface area contributed by atoms with E-state index in [1.54, 1.807) is 14.2 Å². The summed E-state index contributed by atoms with van der Waals surface area (Å²) in [4.78, 5) is 16.2. The molecule has 0 bridgehead atoms. The molecule has 2 aromatic rings. The summed E-state index contributed by atoms with van der Waals surface area (Å²) >= 11 is 3.37. The molecule has 0 heterocycles. The van der Waals surface area contributed by atoms with Gasteiger partial charge in [-0.25, -0.2) is 0 Å². The molecule has 0 saturated heterocycles. The Morgan fingerprint density at radius 2 is 1.76 bits per heavy atom. The van der Waals surface area contributed by atoms with Crippen LogP contribution in [0.3, 0.4) is 0 Å². The molecule has 3 N–H and O–H groups in total. The second-order valence-electron chi connectivity index (χ2n) is 5.73. The monoisotopic (exact) mass is 576 g/mol. The van der Waals surface area contributed by atoms with Crippen LogP contribution in [0.5, 0.6) is 11.5 Å². The first kappa shape index (κ1) is 25.0. The van der Waals surface area contributed by atoms with Crippen LogP contribution in [0.15, 0.2) is 51.9 Å². The van der Waals surface area contributed by atoms with Crippen molar-refractivity contribution in [3.63, 3.8) is 0 Å².